The van der Waals surface area contributed by atoms with Gasteiger partial charge in [0.25, 0.3) is 0 Å². The standard InChI is InChI=1S/C10H21N3O2/c1-2-9(14)8-12-4-3-5-13(7-6-12)10(11)15/h9,14H,2-8H2,1H3,(H2,11,15). The summed E-state index contributed by atoms with van der Waals surface area (Å²) >= 11 is 0. The average molecular weight is 215 g/mol. The second-order valence-electron chi connectivity index (χ2n) is 4.04. The average Bonchev–Trinajstić information content (AvgIpc) is 2.43. The molecule has 0 spiro atoms. The molecule has 0 saturated carbocycles. The maximum atomic E-state index is 11.0. The van der Waals surface area contributed by atoms with Gasteiger partial charge in [-0.05, 0) is 19.4 Å². The van der Waals surface area contributed by atoms with E-state index in [1.165, 1.54) is 0 Å². The highest BCUT2D eigenvalue weighted by atomic mass is 16.3. The van der Waals surface area contributed by atoms with Crippen molar-refractivity contribution >= 4 is 6.03 Å². The molecule has 1 atom stereocenters. The lowest BCUT2D eigenvalue weighted by atomic mass is 10.2. The zero-order valence-corrected chi connectivity index (χ0v) is 9.35. The summed E-state index contributed by atoms with van der Waals surface area (Å²) in [5.41, 5.74) is 5.23. The van der Waals surface area contributed by atoms with Crippen molar-refractivity contribution < 1.29 is 9.90 Å². The van der Waals surface area contributed by atoms with Gasteiger partial charge in [-0.3, -0.25) is 4.90 Å². The monoisotopic (exact) mass is 215 g/mol. The lowest BCUT2D eigenvalue weighted by Gasteiger charge is -2.22. The maximum absolute atomic E-state index is 11.0. The first-order valence-corrected chi connectivity index (χ1v) is 5.58. The minimum atomic E-state index is -0.340. The van der Waals surface area contributed by atoms with Crippen molar-refractivity contribution in [2.24, 2.45) is 5.73 Å². The number of hydrogen-bond donors (Lipinski definition) is 2. The van der Waals surface area contributed by atoms with Crippen molar-refractivity contribution in [1.29, 1.82) is 0 Å². The molecule has 0 aliphatic carbocycles. The third-order valence-electron chi connectivity index (χ3n) is 2.84. The Kier molecular flexibility index (Phi) is 4.84. The fraction of sp³-hybridized carbons (Fsp3) is 0.900. The van der Waals surface area contributed by atoms with Gasteiger partial charge in [0.1, 0.15) is 0 Å². The van der Waals surface area contributed by atoms with Gasteiger partial charge in [0.15, 0.2) is 0 Å². The van der Waals surface area contributed by atoms with E-state index < -0.39 is 0 Å². The van der Waals surface area contributed by atoms with Crippen LogP contribution in [-0.4, -0.2) is 59.8 Å². The van der Waals surface area contributed by atoms with Crippen molar-refractivity contribution in [2.45, 2.75) is 25.9 Å². The van der Waals surface area contributed by atoms with Crippen molar-refractivity contribution in [1.82, 2.24) is 9.80 Å². The predicted octanol–water partition coefficient (Wildman–Crippen LogP) is -0.156. The van der Waals surface area contributed by atoms with E-state index in [1.807, 2.05) is 6.92 Å². The molecule has 88 valence electrons. The third kappa shape index (κ3) is 4.05. The normalized spacial score (nSPS) is 21.1. The molecule has 1 saturated heterocycles. The number of primary amides is 1. The molecular weight excluding hydrogens is 194 g/mol. The summed E-state index contributed by atoms with van der Waals surface area (Å²) in [6, 6.07) is -0.340. The second kappa shape index (κ2) is 5.92. The number of aliphatic hydroxyl groups is 1. The van der Waals surface area contributed by atoms with Crippen LogP contribution in [-0.2, 0) is 0 Å². The van der Waals surface area contributed by atoms with Crippen molar-refractivity contribution in [3.8, 4) is 0 Å². The molecule has 5 nitrogen and oxygen atoms in total. The quantitative estimate of drug-likeness (QED) is 0.687. The van der Waals surface area contributed by atoms with Crippen LogP contribution < -0.4 is 5.73 Å². The number of carbonyl (C=O) groups excluding carboxylic acids is 1. The Labute approximate surface area is 90.8 Å². The summed E-state index contributed by atoms with van der Waals surface area (Å²) in [6.07, 6.45) is 1.44. The van der Waals surface area contributed by atoms with Crippen LogP contribution in [0.25, 0.3) is 0 Å². The first kappa shape index (κ1) is 12.3. The Morgan fingerprint density at radius 2 is 2.13 bits per heavy atom. The Morgan fingerprint density at radius 1 is 1.40 bits per heavy atom. The molecule has 0 radical (unpaired) electrons. The van der Waals surface area contributed by atoms with Crippen LogP contribution in [0.15, 0.2) is 0 Å². The molecule has 1 heterocycles. The summed E-state index contributed by atoms with van der Waals surface area (Å²) < 4.78 is 0. The highest BCUT2D eigenvalue weighted by Gasteiger charge is 2.18. The highest BCUT2D eigenvalue weighted by molar-refractivity contribution is 5.71. The van der Waals surface area contributed by atoms with E-state index in [4.69, 9.17) is 5.73 Å². The zero-order valence-electron chi connectivity index (χ0n) is 9.35. The number of carbonyl (C=O) groups is 1. The number of rotatable bonds is 3. The molecule has 15 heavy (non-hydrogen) atoms. The Bertz CT molecular complexity index is 211. The molecule has 0 aromatic carbocycles. The minimum absolute atomic E-state index is 0.259. The molecule has 2 amide bonds. The summed E-state index contributed by atoms with van der Waals surface area (Å²) in [6.45, 7) is 5.81. The van der Waals surface area contributed by atoms with E-state index in [0.29, 0.717) is 13.1 Å². The van der Waals surface area contributed by atoms with E-state index in [9.17, 15) is 9.90 Å². The van der Waals surface area contributed by atoms with E-state index in [1.54, 1.807) is 4.90 Å². The first-order chi connectivity index (χ1) is 7.13. The van der Waals surface area contributed by atoms with Gasteiger partial charge in [0.05, 0.1) is 6.10 Å². The summed E-state index contributed by atoms with van der Waals surface area (Å²) in [4.78, 5) is 14.8. The van der Waals surface area contributed by atoms with E-state index in [2.05, 4.69) is 4.90 Å². The molecule has 0 bridgehead atoms. The first-order valence-electron chi connectivity index (χ1n) is 5.58. The van der Waals surface area contributed by atoms with Gasteiger partial charge < -0.3 is 15.7 Å². The highest BCUT2D eigenvalue weighted by Crippen LogP contribution is 2.04. The van der Waals surface area contributed by atoms with Crippen molar-refractivity contribution in [3.05, 3.63) is 0 Å². The van der Waals surface area contributed by atoms with Crippen molar-refractivity contribution in [2.75, 3.05) is 32.7 Å². The Balaban J connectivity index is 2.35. The van der Waals surface area contributed by atoms with E-state index in [-0.39, 0.29) is 12.1 Å². The van der Waals surface area contributed by atoms with Crippen LogP contribution in [0.3, 0.4) is 0 Å². The van der Waals surface area contributed by atoms with Crippen LogP contribution in [0.4, 0.5) is 4.79 Å². The lowest BCUT2D eigenvalue weighted by molar-refractivity contribution is 0.111. The number of urea groups is 1. The molecule has 1 aliphatic heterocycles. The Hall–Kier alpha value is -0.810. The van der Waals surface area contributed by atoms with Crippen LogP contribution in [0.5, 0.6) is 0 Å². The fourth-order valence-electron chi connectivity index (χ4n) is 1.80. The molecular formula is C10H21N3O2. The number of aliphatic hydroxyl groups excluding tert-OH is 1. The van der Waals surface area contributed by atoms with E-state index in [0.717, 1.165) is 32.5 Å². The number of nitrogens with zero attached hydrogens (tertiary/aromatic N) is 2. The molecule has 5 heteroatoms. The van der Waals surface area contributed by atoms with Gasteiger partial charge in [0.2, 0.25) is 0 Å². The molecule has 1 aliphatic rings. The molecule has 1 rings (SSSR count). The number of β-amino-alcohol motifs (C(OH)–C–C–N with tert-alkyl or cyclic N) is 1. The van der Waals surface area contributed by atoms with Gasteiger partial charge in [-0.2, -0.15) is 0 Å². The molecule has 1 unspecified atom stereocenters. The van der Waals surface area contributed by atoms with Gasteiger partial charge in [-0.15, -0.1) is 0 Å². The lowest BCUT2D eigenvalue weighted by Crippen LogP contribution is -2.39. The number of amides is 2. The van der Waals surface area contributed by atoms with Gasteiger partial charge in [0, 0.05) is 26.2 Å². The second-order valence-corrected chi connectivity index (χ2v) is 4.04. The number of nitrogens with two attached hydrogens (primary N) is 1. The molecule has 0 aromatic rings. The zero-order chi connectivity index (χ0) is 11.3. The van der Waals surface area contributed by atoms with Gasteiger partial charge >= 0.3 is 6.03 Å². The smallest absolute Gasteiger partial charge is 0.314 e. The summed E-state index contributed by atoms with van der Waals surface area (Å²) in [7, 11) is 0. The molecule has 3 N–H and O–H groups in total. The maximum Gasteiger partial charge on any atom is 0.314 e. The van der Waals surface area contributed by atoms with Gasteiger partial charge in [-0.25, -0.2) is 4.79 Å². The SMILES string of the molecule is CCC(O)CN1CCCN(C(N)=O)CC1. The fourth-order valence-corrected chi connectivity index (χ4v) is 1.80. The van der Waals surface area contributed by atoms with Crippen LogP contribution in [0.1, 0.15) is 19.8 Å². The molecule has 0 aromatic heterocycles. The van der Waals surface area contributed by atoms with Crippen LogP contribution >= 0.6 is 0 Å². The summed E-state index contributed by atoms with van der Waals surface area (Å²) in [5, 5.41) is 9.53. The Morgan fingerprint density at radius 3 is 2.73 bits per heavy atom. The van der Waals surface area contributed by atoms with Gasteiger partial charge in [-0.1, -0.05) is 6.92 Å². The molecule has 1 fully saturated rings. The van der Waals surface area contributed by atoms with Crippen molar-refractivity contribution in [3.63, 3.8) is 0 Å². The van der Waals surface area contributed by atoms with E-state index >= 15 is 0 Å². The largest absolute Gasteiger partial charge is 0.392 e. The number of hydrogen-bond acceptors (Lipinski definition) is 3. The third-order valence-corrected chi connectivity index (χ3v) is 2.84. The minimum Gasteiger partial charge on any atom is -0.392 e. The van der Waals surface area contributed by atoms with Crippen LogP contribution in [0, 0.1) is 0 Å². The van der Waals surface area contributed by atoms with Crippen LogP contribution in [0.2, 0.25) is 0 Å². The predicted molar refractivity (Wildman–Crippen MR) is 58.5 cm³/mol. The summed E-state index contributed by atoms with van der Waals surface area (Å²) in [5.74, 6) is 0. The topological polar surface area (TPSA) is 69.8 Å².